The molecule has 0 saturated carbocycles. The molecule has 1 aromatic heterocycles. The normalized spacial score (nSPS) is 10.4. The molecular formula is C21H16ClN5O2. The lowest BCUT2D eigenvalue weighted by Crippen LogP contribution is -2.19. The van der Waals surface area contributed by atoms with Crippen LogP contribution < -0.4 is 15.4 Å². The highest BCUT2D eigenvalue weighted by Crippen LogP contribution is 2.33. The van der Waals surface area contributed by atoms with E-state index in [9.17, 15) is 4.79 Å². The molecule has 4 rings (SSSR count). The molecule has 3 aromatic carbocycles. The third kappa shape index (κ3) is 4.53. The van der Waals surface area contributed by atoms with E-state index in [-0.39, 0.29) is 0 Å². The van der Waals surface area contributed by atoms with Gasteiger partial charge < -0.3 is 15.4 Å². The third-order valence-corrected chi connectivity index (χ3v) is 4.31. The second-order valence-corrected chi connectivity index (χ2v) is 6.40. The molecule has 4 aromatic rings. The van der Waals surface area contributed by atoms with Crippen LogP contribution in [0.25, 0.3) is 5.69 Å². The Morgan fingerprint density at radius 3 is 2.34 bits per heavy atom. The van der Waals surface area contributed by atoms with E-state index in [1.807, 2.05) is 36.4 Å². The summed E-state index contributed by atoms with van der Waals surface area (Å²) in [6.45, 7) is 0. The molecule has 0 atom stereocenters. The summed E-state index contributed by atoms with van der Waals surface area (Å²) in [6, 6.07) is 21.1. The summed E-state index contributed by atoms with van der Waals surface area (Å²) in [5.74, 6) is 0.991. The van der Waals surface area contributed by atoms with Crippen molar-refractivity contribution in [3.05, 3.63) is 90.5 Å². The number of carbonyl (C=O) groups is 1. The van der Waals surface area contributed by atoms with Gasteiger partial charge in [-0.05, 0) is 48.5 Å². The number of rotatable bonds is 5. The lowest BCUT2D eigenvalue weighted by atomic mass is 10.2. The maximum absolute atomic E-state index is 12.4. The van der Waals surface area contributed by atoms with Gasteiger partial charge in [0.25, 0.3) is 0 Å². The molecule has 0 aliphatic heterocycles. The molecule has 0 saturated heterocycles. The van der Waals surface area contributed by atoms with Gasteiger partial charge in [0.1, 0.15) is 18.4 Å². The first-order valence-electron chi connectivity index (χ1n) is 8.73. The molecule has 29 heavy (non-hydrogen) atoms. The molecule has 144 valence electrons. The van der Waals surface area contributed by atoms with E-state index in [4.69, 9.17) is 16.3 Å². The van der Waals surface area contributed by atoms with Crippen molar-refractivity contribution in [2.75, 3.05) is 10.6 Å². The highest BCUT2D eigenvalue weighted by Gasteiger charge is 2.10. The minimum atomic E-state index is -0.395. The van der Waals surface area contributed by atoms with E-state index >= 15 is 0 Å². The van der Waals surface area contributed by atoms with Crippen LogP contribution in [0.5, 0.6) is 11.5 Å². The number of nitrogens with one attached hydrogen (secondary N) is 2. The monoisotopic (exact) mass is 405 g/mol. The average Bonchev–Trinajstić information content (AvgIpc) is 3.26. The van der Waals surface area contributed by atoms with Crippen LogP contribution in [0.2, 0.25) is 5.02 Å². The van der Waals surface area contributed by atoms with Crippen LogP contribution in [0.3, 0.4) is 0 Å². The summed E-state index contributed by atoms with van der Waals surface area (Å²) in [5, 5.41) is 10.1. The Labute approximate surface area is 171 Å². The molecule has 8 heteroatoms. The van der Waals surface area contributed by atoms with Crippen molar-refractivity contribution < 1.29 is 9.53 Å². The second-order valence-electron chi connectivity index (χ2n) is 5.99. The number of carbonyl (C=O) groups excluding carboxylic acids is 1. The summed E-state index contributed by atoms with van der Waals surface area (Å²) in [4.78, 5) is 16.3. The van der Waals surface area contributed by atoms with E-state index in [0.717, 1.165) is 5.69 Å². The molecule has 0 fully saturated rings. The Hall–Kier alpha value is -3.84. The number of anilines is 2. The molecule has 0 unspecified atom stereocenters. The van der Waals surface area contributed by atoms with Gasteiger partial charge in [0.15, 0.2) is 5.75 Å². The number of para-hydroxylation sites is 3. The lowest BCUT2D eigenvalue weighted by molar-refractivity contribution is 0.262. The van der Waals surface area contributed by atoms with Crippen molar-refractivity contribution in [1.29, 1.82) is 0 Å². The van der Waals surface area contributed by atoms with Gasteiger partial charge in [-0.25, -0.2) is 14.5 Å². The first kappa shape index (κ1) is 18.5. The maximum Gasteiger partial charge on any atom is 0.323 e. The molecular weight excluding hydrogens is 390 g/mol. The van der Waals surface area contributed by atoms with Gasteiger partial charge in [-0.3, -0.25) is 0 Å². The summed E-state index contributed by atoms with van der Waals surface area (Å²) in [6.07, 6.45) is 3.06. The molecule has 0 radical (unpaired) electrons. The molecule has 0 spiro atoms. The summed E-state index contributed by atoms with van der Waals surface area (Å²) < 4.78 is 7.49. The standard InChI is InChI=1S/C21H16ClN5O2/c22-17-5-1-3-7-19(17)29-20-8-4-2-6-18(20)26-21(28)25-15-9-11-16(12-10-15)27-14-23-13-24-27/h1-14H,(H2,25,26,28). The number of amides is 2. The molecule has 0 aliphatic carbocycles. The van der Waals surface area contributed by atoms with Gasteiger partial charge in [0, 0.05) is 5.69 Å². The number of hydrogen-bond donors (Lipinski definition) is 2. The maximum atomic E-state index is 12.4. The van der Waals surface area contributed by atoms with Crippen molar-refractivity contribution in [2.45, 2.75) is 0 Å². The molecule has 7 nitrogen and oxygen atoms in total. The summed E-state index contributed by atoms with van der Waals surface area (Å²) in [7, 11) is 0. The van der Waals surface area contributed by atoms with E-state index < -0.39 is 6.03 Å². The highest BCUT2D eigenvalue weighted by molar-refractivity contribution is 6.32. The molecule has 1 heterocycles. The van der Waals surface area contributed by atoms with Crippen molar-refractivity contribution in [1.82, 2.24) is 14.8 Å². The van der Waals surface area contributed by atoms with Gasteiger partial charge in [0.05, 0.1) is 16.4 Å². The third-order valence-electron chi connectivity index (χ3n) is 4.00. The predicted molar refractivity (Wildman–Crippen MR) is 112 cm³/mol. The Kier molecular flexibility index (Phi) is 5.40. The number of aromatic nitrogens is 3. The number of hydrogen-bond acceptors (Lipinski definition) is 4. The predicted octanol–water partition coefficient (Wildman–Crippen LogP) is 5.36. The Balaban J connectivity index is 1.44. The zero-order valence-electron chi connectivity index (χ0n) is 15.1. The van der Waals surface area contributed by atoms with Crippen molar-refractivity contribution in [2.24, 2.45) is 0 Å². The van der Waals surface area contributed by atoms with Crippen molar-refractivity contribution >= 4 is 29.0 Å². The first-order valence-corrected chi connectivity index (χ1v) is 9.11. The largest absolute Gasteiger partial charge is 0.454 e. The number of urea groups is 1. The summed E-state index contributed by atoms with van der Waals surface area (Å²) in [5.41, 5.74) is 1.99. The van der Waals surface area contributed by atoms with Crippen LogP contribution >= 0.6 is 11.6 Å². The smallest absolute Gasteiger partial charge is 0.323 e. The minimum Gasteiger partial charge on any atom is -0.454 e. The molecule has 0 bridgehead atoms. The van der Waals surface area contributed by atoms with Gasteiger partial charge in [0.2, 0.25) is 0 Å². The molecule has 0 aliphatic rings. The summed E-state index contributed by atoms with van der Waals surface area (Å²) >= 11 is 6.15. The van der Waals surface area contributed by atoms with Gasteiger partial charge in [-0.2, -0.15) is 5.10 Å². The number of halogens is 1. The van der Waals surface area contributed by atoms with Crippen molar-refractivity contribution in [3.63, 3.8) is 0 Å². The Morgan fingerprint density at radius 2 is 1.62 bits per heavy atom. The lowest BCUT2D eigenvalue weighted by Gasteiger charge is -2.13. The van der Waals surface area contributed by atoms with E-state index in [1.165, 1.54) is 6.33 Å². The fraction of sp³-hybridized carbons (Fsp3) is 0. The SMILES string of the molecule is O=C(Nc1ccc(-n2cncn2)cc1)Nc1ccccc1Oc1ccccc1Cl. The van der Waals surface area contributed by atoms with Crippen LogP contribution in [-0.4, -0.2) is 20.8 Å². The van der Waals surface area contributed by atoms with E-state index in [1.54, 1.807) is 47.4 Å². The van der Waals surface area contributed by atoms with Gasteiger partial charge in [-0.1, -0.05) is 35.9 Å². The minimum absolute atomic E-state index is 0.395. The zero-order valence-corrected chi connectivity index (χ0v) is 15.9. The van der Waals surface area contributed by atoms with Crippen LogP contribution in [0.4, 0.5) is 16.2 Å². The van der Waals surface area contributed by atoms with Gasteiger partial charge in [-0.15, -0.1) is 0 Å². The number of nitrogens with zero attached hydrogens (tertiary/aromatic N) is 3. The first-order chi connectivity index (χ1) is 14.2. The average molecular weight is 406 g/mol. The zero-order chi connectivity index (χ0) is 20.1. The fourth-order valence-corrected chi connectivity index (χ4v) is 2.80. The fourth-order valence-electron chi connectivity index (χ4n) is 2.63. The Bertz CT molecular complexity index is 1110. The van der Waals surface area contributed by atoms with Crippen LogP contribution in [0, 0.1) is 0 Å². The molecule has 2 amide bonds. The van der Waals surface area contributed by atoms with Crippen LogP contribution in [0.15, 0.2) is 85.5 Å². The second kappa shape index (κ2) is 8.45. The van der Waals surface area contributed by atoms with Crippen LogP contribution in [0.1, 0.15) is 0 Å². The number of ether oxygens (including phenoxy) is 1. The highest BCUT2D eigenvalue weighted by atomic mass is 35.5. The number of benzene rings is 3. The Morgan fingerprint density at radius 1 is 0.897 bits per heavy atom. The molecule has 2 N–H and O–H groups in total. The van der Waals surface area contributed by atoms with E-state index in [0.29, 0.717) is 27.9 Å². The van der Waals surface area contributed by atoms with Crippen molar-refractivity contribution in [3.8, 4) is 17.2 Å². The quantitative estimate of drug-likeness (QED) is 0.468. The topological polar surface area (TPSA) is 81.1 Å². The van der Waals surface area contributed by atoms with E-state index in [2.05, 4.69) is 20.7 Å². The van der Waals surface area contributed by atoms with Crippen LogP contribution in [-0.2, 0) is 0 Å². The van der Waals surface area contributed by atoms with Gasteiger partial charge >= 0.3 is 6.03 Å².